The van der Waals surface area contributed by atoms with E-state index in [-0.39, 0.29) is 0 Å². The standard InChI is InChI=1S/C13H11F3O4/c1-8(20-12(19)7-6-11(17)18)9-2-4-10(5-3-9)13(14,15)16/h2-8H,1H3,(H,17,18)/b7-6+. The van der Waals surface area contributed by atoms with Crippen LogP contribution in [0.1, 0.15) is 24.2 Å². The summed E-state index contributed by atoms with van der Waals surface area (Å²) < 4.78 is 41.9. The number of carboxylic acids is 1. The monoisotopic (exact) mass is 288 g/mol. The van der Waals surface area contributed by atoms with E-state index < -0.39 is 29.8 Å². The number of carbonyl (C=O) groups excluding carboxylic acids is 1. The fourth-order valence-electron chi connectivity index (χ4n) is 1.36. The number of carbonyl (C=O) groups is 2. The Morgan fingerprint density at radius 2 is 1.75 bits per heavy atom. The topological polar surface area (TPSA) is 63.6 Å². The second kappa shape index (κ2) is 6.23. The van der Waals surface area contributed by atoms with E-state index in [4.69, 9.17) is 9.84 Å². The minimum absolute atomic E-state index is 0.370. The van der Waals surface area contributed by atoms with Gasteiger partial charge in [0.2, 0.25) is 0 Å². The molecule has 0 amide bonds. The van der Waals surface area contributed by atoms with Gasteiger partial charge in [-0.3, -0.25) is 0 Å². The molecule has 0 spiro atoms. The normalized spacial score (nSPS) is 13.2. The van der Waals surface area contributed by atoms with E-state index in [9.17, 15) is 22.8 Å². The summed E-state index contributed by atoms with van der Waals surface area (Å²) in [6.07, 6.45) is -3.88. The number of carboxylic acid groups (broad SMARTS) is 1. The van der Waals surface area contributed by atoms with Gasteiger partial charge in [-0.2, -0.15) is 13.2 Å². The molecular formula is C13H11F3O4. The minimum atomic E-state index is -4.43. The lowest BCUT2D eigenvalue weighted by molar-refractivity contribution is -0.143. The molecule has 7 heteroatoms. The summed E-state index contributed by atoms with van der Waals surface area (Å²) in [5.74, 6) is -2.19. The Bertz CT molecular complexity index is 517. The van der Waals surface area contributed by atoms with Crippen LogP contribution in [0.5, 0.6) is 0 Å². The van der Waals surface area contributed by atoms with Gasteiger partial charge in [-0.1, -0.05) is 12.1 Å². The number of benzene rings is 1. The van der Waals surface area contributed by atoms with Gasteiger partial charge in [0, 0.05) is 12.2 Å². The van der Waals surface area contributed by atoms with Crippen molar-refractivity contribution in [2.45, 2.75) is 19.2 Å². The molecule has 0 bridgehead atoms. The molecule has 0 saturated carbocycles. The molecule has 0 aliphatic rings. The van der Waals surface area contributed by atoms with E-state index in [0.717, 1.165) is 18.2 Å². The van der Waals surface area contributed by atoms with Gasteiger partial charge in [-0.05, 0) is 24.6 Å². The van der Waals surface area contributed by atoms with Crippen molar-refractivity contribution in [2.75, 3.05) is 0 Å². The Morgan fingerprint density at radius 3 is 2.20 bits per heavy atom. The van der Waals surface area contributed by atoms with Crippen LogP contribution in [0.3, 0.4) is 0 Å². The number of halogens is 3. The number of alkyl halides is 3. The summed E-state index contributed by atoms with van der Waals surface area (Å²) in [6, 6.07) is 4.16. The molecular weight excluding hydrogens is 277 g/mol. The minimum Gasteiger partial charge on any atom is -0.478 e. The first-order valence-electron chi connectivity index (χ1n) is 5.49. The van der Waals surface area contributed by atoms with Crippen molar-refractivity contribution in [3.8, 4) is 0 Å². The first-order chi connectivity index (χ1) is 9.20. The Balaban J connectivity index is 2.71. The Labute approximate surface area is 112 Å². The van der Waals surface area contributed by atoms with Gasteiger partial charge in [0.05, 0.1) is 5.56 Å². The van der Waals surface area contributed by atoms with Crippen LogP contribution in [0, 0.1) is 0 Å². The van der Waals surface area contributed by atoms with Crippen molar-refractivity contribution in [3.63, 3.8) is 0 Å². The molecule has 0 aliphatic carbocycles. The van der Waals surface area contributed by atoms with Crippen molar-refractivity contribution in [2.24, 2.45) is 0 Å². The zero-order valence-electron chi connectivity index (χ0n) is 10.3. The second-order valence-electron chi connectivity index (χ2n) is 3.87. The van der Waals surface area contributed by atoms with E-state index in [1.807, 2.05) is 0 Å². The average Bonchev–Trinajstić information content (AvgIpc) is 2.35. The molecule has 1 unspecified atom stereocenters. The van der Waals surface area contributed by atoms with Gasteiger partial charge in [0.1, 0.15) is 6.10 Å². The van der Waals surface area contributed by atoms with Crippen LogP contribution >= 0.6 is 0 Å². The first kappa shape index (κ1) is 15.7. The summed E-state index contributed by atoms with van der Waals surface area (Å²) in [5.41, 5.74) is -0.430. The molecule has 1 aromatic rings. The van der Waals surface area contributed by atoms with Crippen molar-refractivity contribution in [1.82, 2.24) is 0 Å². The van der Waals surface area contributed by atoms with E-state index in [1.165, 1.54) is 19.1 Å². The van der Waals surface area contributed by atoms with Crippen molar-refractivity contribution >= 4 is 11.9 Å². The van der Waals surface area contributed by atoms with Gasteiger partial charge < -0.3 is 9.84 Å². The second-order valence-corrected chi connectivity index (χ2v) is 3.87. The van der Waals surface area contributed by atoms with Crippen LogP contribution in [0.25, 0.3) is 0 Å². The van der Waals surface area contributed by atoms with Gasteiger partial charge >= 0.3 is 18.1 Å². The molecule has 20 heavy (non-hydrogen) atoms. The molecule has 1 atom stereocenters. The van der Waals surface area contributed by atoms with E-state index in [0.29, 0.717) is 11.6 Å². The highest BCUT2D eigenvalue weighted by atomic mass is 19.4. The highest BCUT2D eigenvalue weighted by molar-refractivity contribution is 5.90. The highest BCUT2D eigenvalue weighted by Gasteiger charge is 2.30. The summed E-state index contributed by atoms with van der Waals surface area (Å²) in [6.45, 7) is 1.47. The van der Waals surface area contributed by atoms with Gasteiger partial charge in [0.15, 0.2) is 0 Å². The number of esters is 1. The van der Waals surface area contributed by atoms with Crippen LogP contribution in [-0.4, -0.2) is 17.0 Å². The average molecular weight is 288 g/mol. The molecule has 108 valence electrons. The van der Waals surface area contributed by atoms with Crippen LogP contribution in [-0.2, 0) is 20.5 Å². The molecule has 0 saturated heterocycles. The third-order valence-electron chi connectivity index (χ3n) is 2.36. The fourth-order valence-corrected chi connectivity index (χ4v) is 1.36. The van der Waals surface area contributed by atoms with Crippen LogP contribution < -0.4 is 0 Å². The summed E-state index contributed by atoms with van der Waals surface area (Å²) >= 11 is 0. The molecule has 0 radical (unpaired) electrons. The largest absolute Gasteiger partial charge is 0.478 e. The number of ether oxygens (including phenoxy) is 1. The SMILES string of the molecule is CC(OC(=O)/C=C/C(=O)O)c1ccc(C(F)(F)F)cc1. The summed E-state index contributed by atoms with van der Waals surface area (Å²) in [4.78, 5) is 21.4. The van der Waals surface area contributed by atoms with Crippen LogP contribution in [0.2, 0.25) is 0 Å². The Kier molecular flexibility index (Phi) is 4.90. The Morgan fingerprint density at radius 1 is 1.20 bits per heavy atom. The molecule has 1 rings (SSSR count). The molecule has 0 heterocycles. The maximum absolute atomic E-state index is 12.4. The zero-order chi connectivity index (χ0) is 15.3. The van der Waals surface area contributed by atoms with Crippen molar-refractivity contribution in [1.29, 1.82) is 0 Å². The lowest BCUT2D eigenvalue weighted by Gasteiger charge is -2.13. The lowest BCUT2D eigenvalue weighted by atomic mass is 10.1. The van der Waals surface area contributed by atoms with E-state index >= 15 is 0 Å². The van der Waals surface area contributed by atoms with E-state index in [2.05, 4.69) is 0 Å². The third-order valence-corrected chi connectivity index (χ3v) is 2.36. The van der Waals surface area contributed by atoms with Crippen molar-refractivity contribution < 1.29 is 32.6 Å². The highest BCUT2D eigenvalue weighted by Crippen LogP contribution is 2.30. The lowest BCUT2D eigenvalue weighted by Crippen LogP contribution is -2.08. The molecule has 0 aromatic heterocycles. The maximum Gasteiger partial charge on any atom is 0.416 e. The fraction of sp³-hybridized carbons (Fsp3) is 0.231. The van der Waals surface area contributed by atoms with Gasteiger partial charge in [0.25, 0.3) is 0 Å². The Hall–Kier alpha value is -2.31. The van der Waals surface area contributed by atoms with Gasteiger partial charge in [-0.15, -0.1) is 0 Å². The quantitative estimate of drug-likeness (QED) is 0.683. The number of hydrogen-bond acceptors (Lipinski definition) is 3. The zero-order valence-corrected chi connectivity index (χ0v) is 10.3. The predicted octanol–water partition coefficient (Wildman–Crippen LogP) is 2.95. The van der Waals surface area contributed by atoms with Gasteiger partial charge in [-0.25, -0.2) is 9.59 Å². The molecule has 0 fully saturated rings. The predicted molar refractivity (Wildman–Crippen MR) is 62.7 cm³/mol. The number of aliphatic carboxylic acids is 1. The van der Waals surface area contributed by atoms with Crippen molar-refractivity contribution in [3.05, 3.63) is 47.5 Å². The summed E-state index contributed by atoms with van der Waals surface area (Å²) in [7, 11) is 0. The van der Waals surface area contributed by atoms with E-state index in [1.54, 1.807) is 0 Å². The maximum atomic E-state index is 12.4. The summed E-state index contributed by atoms with van der Waals surface area (Å²) in [5, 5.41) is 8.32. The smallest absolute Gasteiger partial charge is 0.416 e. The van der Waals surface area contributed by atoms with Crippen LogP contribution in [0.15, 0.2) is 36.4 Å². The molecule has 1 aromatic carbocycles. The van der Waals surface area contributed by atoms with Crippen LogP contribution in [0.4, 0.5) is 13.2 Å². The third kappa shape index (κ3) is 4.75. The first-order valence-corrected chi connectivity index (χ1v) is 5.49. The number of rotatable bonds is 4. The molecule has 4 nitrogen and oxygen atoms in total. The number of hydrogen-bond donors (Lipinski definition) is 1. The molecule has 1 N–H and O–H groups in total. The molecule has 0 aliphatic heterocycles.